The molecule has 1 unspecified atom stereocenters. The predicted octanol–water partition coefficient (Wildman–Crippen LogP) is 0.529. The Morgan fingerprint density at radius 2 is 2.14 bits per heavy atom. The third kappa shape index (κ3) is 6.82. The second kappa shape index (κ2) is 8.93. The molecule has 0 bridgehead atoms. The van der Waals surface area contributed by atoms with E-state index in [4.69, 9.17) is 19.3 Å². The minimum Gasteiger partial charge on any atom is -0.479 e. The summed E-state index contributed by atoms with van der Waals surface area (Å²) in [5.74, 6) is -0.987. The first-order valence-corrected chi connectivity index (χ1v) is 4.63. The average Bonchev–Trinajstić information content (AvgIpc) is 2.15. The van der Waals surface area contributed by atoms with Crippen LogP contribution in [-0.2, 0) is 19.0 Å². The van der Waals surface area contributed by atoms with E-state index in [1.165, 1.54) is 0 Å². The second-order valence-electron chi connectivity index (χ2n) is 2.70. The van der Waals surface area contributed by atoms with Crippen LogP contribution in [0.3, 0.4) is 0 Å². The van der Waals surface area contributed by atoms with Gasteiger partial charge in [-0.15, -0.1) is 0 Å². The highest BCUT2D eigenvalue weighted by Crippen LogP contribution is 1.95. The van der Waals surface area contributed by atoms with Crippen molar-refractivity contribution >= 4 is 5.97 Å². The summed E-state index contributed by atoms with van der Waals surface area (Å²) in [4.78, 5) is 10.6. The first-order valence-electron chi connectivity index (χ1n) is 4.63. The summed E-state index contributed by atoms with van der Waals surface area (Å²) in [6.07, 6.45) is -0.0999. The van der Waals surface area contributed by atoms with Crippen LogP contribution >= 0.6 is 0 Å². The summed E-state index contributed by atoms with van der Waals surface area (Å²) in [5, 5.41) is 8.68. The van der Waals surface area contributed by atoms with E-state index in [-0.39, 0.29) is 6.61 Å². The van der Waals surface area contributed by atoms with Crippen LogP contribution in [0.2, 0.25) is 0 Å². The first kappa shape index (κ1) is 13.4. The predicted molar refractivity (Wildman–Crippen MR) is 50.4 cm³/mol. The zero-order chi connectivity index (χ0) is 10.8. The molecule has 0 amide bonds. The van der Waals surface area contributed by atoms with Crippen molar-refractivity contribution in [3.8, 4) is 0 Å². The van der Waals surface area contributed by atoms with Gasteiger partial charge in [-0.3, -0.25) is 0 Å². The number of hydrogen-bond donors (Lipinski definition) is 1. The topological polar surface area (TPSA) is 65.0 Å². The van der Waals surface area contributed by atoms with E-state index in [0.29, 0.717) is 19.8 Å². The van der Waals surface area contributed by atoms with Gasteiger partial charge in [-0.25, -0.2) is 4.79 Å². The summed E-state index contributed by atoms with van der Waals surface area (Å²) < 4.78 is 14.9. The van der Waals surface area contributed by atoms with Gasteiger partial charge >= 0.3 is 5.97 Å². The van der Waals surface area contributed by atoms with E-state index < -0.39 is 12.1 Å². The van der Waals surface area contributed by atoms with E-state index in [1.807, 2.05) is 0 Å². The number of carboxylic acid groups (broad SMARTS) is 1. The molecule has 0 spiro atoms. The lowest BCUT2D eigenvalue weighted by Crippen LogP contribution is -2.29. The fourth-order valence-corrected chi connectivity index (χ4v) is 0.888. The van der Waals surface area contributed by atoms with Crippen LogP contribution in [0, 0.1) is 0 Å². The summed E-state index contributed by atoms with van der Waals surface area (Å²) in [5.41, 5.74) is 0. The molecule has 0 aliphatic rings. The maximum atomic E-state index is 10.6. The van der Waals surface area contributed by atoms with E-state index in [0.717, 1.165) is 6.42 Å². The van der Waals surface area contributed by atoms with Gasteiger partial charge in [0.1, 0.15) is 0 Å². The van der Waals surface area contributed by atoms with Gasteiger partial charge in [-0.1, -0.05) is 0 Å². The van der Waals surface area contributed by atoms with Crippen molar-refractivity contribution in [2.24, 2.45) is 0 Å². The maximum absolute atomic E-state index is 10.6. The van der Waals surface area contributed by atoms with Crippen molar-refractivity contribution in [3.05, 3.63) is 0 Å². The monoisotopic (exact) mass is 206 g/mol. The van der Waals surface area contributed by atoms with Gasteiger partial charge in [0, 0.05) is 26.9 Å². The number of ether oxygens (including phenoxy) is 3. The van der Waals surface area contributed by atoms with Crippen LogP contribution in [0.4, 0.5) is 0 Å². The van der Waals surface area contributed by atoms with Gasteiger partial charge in [0.05, 0.1) is 6.61 Å². The third-order valence-corrected chi connectivity index (χ3v) is 1.55. The summed E-state index contributed by atoms with van der Waals surface area (Å²) in [6, 6.07) is 0. The van der Waals surface area contributed by atoms with Gasteiger partial charge in [0.25, 0.3) is 0 Å². The molecule has 0 aromatic heterocycles. The molecule has 0 aromatic rings. The van der Waals surface area contributed by atoms with Gasteiger partial charge in [-0.2, -0.15) is 0 Å². The van der Waals surface area contributed by atoms with Crippen LogP contribution < -0.4 is 0 Å². The minimum absolute atomic E-state index is 0.0902. The molecule has 5 nitrogen and oxygen atoms in total. The molecule has 0 saturated carbocycles. The summed E-state index contributed by atoms with van der Waals surface area (Å²) in [6.45, 7) is 3.32. The molecule has 0 rings (SSSR count). The van der Waals surface area contributed by atoms with Gasteiger partial charge in [-0.05, 0) is 13.3 Å². The molecular formula is C9H18O5. The lowest BCUT2D eigenvalue weighted by atomic mass is 10.4. The van der Waals surface area contributed by atoms with E-state index in [9.17, 15) is 4.79 Å². The Balaban J connectivity index is 3.46. The summed E-state index contributed by atoms with van der Waals surface area (Å²) >= 11 is 0. The number of carboxylic acids is 1. The van der Waals surface area contributed by atoms with E-state index in [1.54, 1.807) is 14.0 Å². The number of hydrogen-bond acceptors (Lipinski definition) is 4. The third-order valence-electron chi connectivity index (χ3n) is 1.55. The fourth-order valence-electron chi connectivity index (χ4n) is 0.888. The summed E-state index contributed by atoms with van der Waals surface area (Å²) in [7, 11) is 1.61. The molecule has 1 atom stereocenters. The van der Waals surface area contributed by atoms with Crippen LogP contribution in [0.5, 0.6) is 0 Å². The van der Waals surface area contributed by atoms with Crippen molar-refractivity contribution < 1.29 is 24.1 Å². The molecule has 5 heteroatoms. The molecule has 0 heterocycles. The van der Waals surface area contributed by atoms with Gasteiger partial charge in [0.15, 0.2) is 6.10 Å². The van der Waals surface area contributed by atoms with Crippen molar-refractivity contribution in [2.45, 2.75) is 19.4 Å². The Labute approximate surface area is 84.0 Å². The molecule has 14 heavy (non-hydrogen) atoms. The number of methoxy groups -OCH3 is 1. The highest BCUT2D eigenvalue weighted by molar-refractivity contribution is 5.72. The van der Waals surface area contributed by atoms with Crippen LogP contribution in [0.25, 0.3) is 0 Å². The van der Waals surface area contributed by atoms with Crippen molar-refractivity contribution in [1.29, 1.82) is 0 Å². The van der Waals surface area contributed by atoms with Crippen LogP contribution in [0.15, 0.2) is 0 Å². The zero-order valence-corrected chi connectivity index (χ0v) is 8.69. The van der Waals surface area contributed by atoms with E-state index >= 15 is 0 Å². The molecule has 0 aromatic carbocycles. The highest BCUT2D eigenvalue weighted by Gasteiger charge is 2.16. The first-order chi connectivity index (χ1) is 6.72. The molecular weight excluding hydrogens is 188 g/mol. The molecule has 0 radical (unpaired) electrons. The Bertz CT molecular complexity index is 148. The molecule has 0 fully saturated rings. The molecule has 1 N–H and O–H groups in total. The van der Waals surface area contributed by atoms with Gasteiger partial charge < -0.3 is 19.3 Å². The molecule has 0 aliphatic carbocycles. The second-order valence-corrected chi connectivity index (χ2v) is 2.70. The largest absolute Gasteiger partial charge is 0.479 e. The smallest absolute Gasteiger partial charge is 0.335 e. The zero-order valence-electron chi connectivity index (χ0n) is 8.69. The average molecular weight is 206 g/mol. The Hall–Kier alpha value is -0.650. The standard InChI is InChI=1S/C9H18O5/c1-3-14-8(9(10)11)7-13-6-4-5-12-2/h8H,3-7H2,1-2H3,(H,10,11). The Kier molecular flexibility index (Phi) is 8.51. The fraction of sp³-hybridized carbons (Fsp3) is 0.889. The number of aliphatic carboxylic acids is 1. The Morgan fingerprint density at radius 1 is 1.43 bits per heavy atom. The lowest BCUT2D eigenvalue weighted by Gasteiger charge is -2.12. The lowest BCUT2D eigenvalue weighted by molar-refractivity contribution is -0.154. The molecule has 0 aliphatic heterocycles. The van der Waals surface area contributed by atoms with E-state index in [2.05, 4.69) is 0 Å². The van der Waals surface area contributed by atoms with Crippen molar-refractivity contribution in [2.75, 3.05) is 33.5 Å². The quantitative estimate of drug-likeness (QED) is 0.557. The number of carbonyl (C=O) groups is 1. The van der Waals surface area contributed by atoms with Crippen molar-refractivity contribution in [1.82, 2.24) is 0 Å². The normalized spacial score (nSPS) is 12.7. The maximum Gasteiger partial charge on any atom is 0.335 e. The van der Waals surface area contributed by atoms with Crippen LogP contribution in [-0.4, -0.2) is 50.7 Å². The molecule has 84 valence electrons. The number of rotatable bonds is 9. The molecule has 0 saturated heterocycles. The van der Waals surface area contributed by atoms with Gasteiger partial charge in [0.2, 0.25) is 0 Å². The van der Waals surface area contributed by atoms with Crippen molar-refractivity contribution in [3.63, 3.8) is 0 Å². The SMILES string of the molecule is CCOC(COCCCOC)C(=O)O. The Morgan fingerprint density at radius 3 is 2.64 bits per heavy atom. The minimum atomic E-state index is -0.987. The van der Waals surface area contributed by atoms with Crippen LogP contribution in [0.1, 0.15) is 13.3 Å². The highest BCUT2D eigenvalue weighted by atomic mass is 16.5.